The summed E-state index contributed by atoms with van der Waals surface area (Å²) in [4.78, 5) is 28.9. The fourth-order valence-corrected chi connectivity index (χ4v) is 4.42. The van der Waals surface area contributed by atoms with E-state index in [4.69, 9.17) is 26.2 Å². The summed E-state index contributed by atoms with van der Waals surface area (Å²) in [6.45, 7) is 4.24. The molecule has 3 amide bonds. The first-order valence-electron chi connectivity index (χ1n) is 12.3. The number of carbonyl (C=O) groups excluding carboxylic acids is 2. The number of hydrogen-bond donors (Lipinski definition) is 3. The number of rotatable bonds is 7. The van der Waals surface area contributed by atoms with Gasteiger partial charge in [0.25, 0.3) is 0 Å². The van der Waals surface area contributed by atoms with Crippen molar-refractivity contribution < 1.29 is 24.2 Å². The molecule has 38 heavy (non-hydrogen) atoms. The maximum Gasteiger partial charge on any atom is 0.415 e. The average molecular weight is 539 g/mol. The van der Waals surface area contributed by atoms with Gasteiger partial charge in [0.2, 0.25) is 0 Å². The predicted molar refractivity (Wildman–Crippen MR) is 149 cm³/mol. The first kappa shape index (κ1) is 27.1. The molecule has 0 atom stereocenters. The summed E-state index contributed by atoms with van der Waals surface area (Å²) in [5.41, 5.74) is 4.13. The number of aryl methyl sites for hydroxylation is 1. The zero-order chi connectivity index (χ0) is 27.1. The highest BCUT2D eigenvalue weighted by molar-refractivity contribution is 6.32. The number of halogens is 1. The highest BCUT2D eigenvalue weighted by Gasteiger charge is 2.23. The Balaban J connectivity index is 1.27. The van der Waals surface area contributed by atoms with Gasteiger partial charge in [-0.2, -0.15) is 0 Å². The highest BCUT2D eigenvalue weighted by Crippen LogP contribution is 2.28. The van der Waals surface area contributed by atoms with E-state index in [1.165, 1.54) is 0 Å². The second kappa shape index (κ2) is 12.5. The molecule has 0 unspecified atom stereocenters. The van der Waals surface area contributed by atoms with E-state index in [-0.39, 0.29) is 12.6 Å². The number of anilines is 3. The Morgan fingerprint density at radius 2 is 1.66 bits per heavy atom. The van der Waals surface area contributed by atoms with Crippen LogP contribution in [-0.4, -0.2) is 62.0 Å². The van der Waals surface area contributed by atoms with Crippen LogP contribution >= 0.6 is 11.6 Å². The zero-order valence-electron chi connectivity index (χ0n) is 21.4. The van der Waals surface area contributed by atoms with Crippen LogP contribution < -0.4 is 25.0 Å². The quantitative estimate of drug-likeness (QED) is 0.384. The molecule has 0 bridgehead atoms. The first-order chi connectivity index (χ1) is 18.4. The van der Waals surface area contributed by atoms with Crippen molar-refractivity contribution in [2.24, 2.45) is 0 Å². The molecule has 0 aromatic heterocycles. The number of urea groups is 1. The van der Waals surface area contributed by atoms with Crippen LogP contribution in [0.15, 0.2) is 60.7 Å². The number of aliphatic hydroxyl groups is 1. The number of nitrogens with zero attached hydrogens (tertiary/aromatic N) is 2. The van der Waals surface area contributed by atoms with Gasteiger partial charge in [0.1, 0.15) is 5.75 Å². The standard InChI is InChI=1S/C28H31ClN4O5/c1-19-3-9-26(37-2)24(17-19)31-27(35)30-21-5-7-22(8-6-21)32-12-14-33(15-13-32)28(36)38-25-10-4-20(11-16-34)18-23(25)29/h3-10,17-18,34H,11-16H2,1-2H3,(H2,30,31,35). The summed E-state index contributed by atoms with van der Waals surface area (Å²) in [6.07, 6.45) is 0.0419. The molecule has 0 aliphatic carbocycles. The summed E-state index contributed by atoms with van der Waals surface area (Å²) in [6, 6.07) is 17.9. The van der Waals surface area contributed by atoms with Crippen LogP contribution in [0.2, 0.25) is 5.02 Å². The summed E-state index contributed by atoms with van der Waals surface area (Å²) in [5.74, 6) is 0.886. The summed E-state index contributed by atoms with van der Waals surface area (Å²) >= 11 is 6.23. The van der Waals surface area contributed by atoms with Gasteiger partial charge in [-0.1, -0.05) is 23.7 Å². The maximum atomic E-state index is 12.6. The average Bonchev–Trinajstić information content (AvgIpc) is 2.91. The van der Waals surface area contributed by atoms with Gasteiger partial charge < -0.3 is 35.0 Å². The van der Waals surface area contributed by atoms with Crippen molar-refractivity contribution in [2.45, 2.75) is 13.3 Å². The molecule has 1 aliphatic heterocycles. The van der Waals surface area contributed by atoms with Gasteiger partial charge >= 0.3 is 12.1 Å². The van der Waals surface area contributed by atoms with Crippen molar-refractivity contribution in [3.8, 4) is 11.5 Å². The van der Waals surface area contributed by atoms with Crippen LogP contribution in [0, 0.1) is 6.92 Å². The minimum atomic E-state index is -0.447. The van der Waals surface area contributed by atoms with Gasteiger partial charge in [-0.3, -0.25) is 0 Å². The molecule has 200 valence electrons. The second-order valence-corrected chi connectivity index (χ2v) is 9.32. The van der Waals surface area contributed by atoms with Crippen LogP contribution in [0.4, 0.5) is 26.7 Å². The van der Waals surface area contributed by atoms with E-state index in [0.29, 0.717) is 60.5 Å². The lowest BCUT2D eigenvalue weighted by molar-refractivity contribution is 0.149. The van der Waals surface area contributed by atoms with Crippen molar-refractivity contribution in [3.63, 3.8) is 0 Å². The van der Waals surface area contributed by atoms with Crippen LogP contribution in [0.5, 0.6) is 11.5 Å². The molecule has 3 N–H and O–H groups in total. The van der Waals surface area contributed by atoms with Crippen molar-refractivity contribution in [1.82, 2.24) is 4.90 Å². The Bertz CT molecular complexity index is 1280. The van der Waals surface area contributed by atoms with Crippen molar-refractivity contribution >= 4 is 40.8 Å². The van der Waals surface area contributed by atoms with E-state index in [0.717, 1.165) is 16.8 Å². The van der Waals surface area contributed by atoms with Gasteiger partial charge in [0, 0.05) is 44.2 Å². The fourth-order valence-electron chi connectivity index (χ4n) is 4.18. The third-order valence-electron chi connectivity index (χ3n) is 6.23. The number of carbonyl (C=O) groups is 2. The Morgan fingerprint density at radius 3 is 2.32 bits per heavy atom. The number of ether oxygens (including phenoxy) is 2. The molecule has 0 spiro atoms. The van der Waals surface area contributed by atoms with E-state index in [9.17, 15) is 9.59 Å². The van der Waals surface area contributed by atoms with Crippen LogP contribution in [-0.2, 0) is 6.42 Å². The summed E-state index contributed by atoms with van der Waals surface area (Å²) in [5, 5.41) is 15.1. The molecule has 9 nitrogen and oxygen atoms in total. The Kier molecular flexibility index (Phi) is 8.93. The number of aliphatic hydroxyl groups excluding tert-OH is 1. The molecular weight excluding hydrogens is 508 g/mol. The molecule has 1 aliphatic rings. The molecule has 1 fully saturated rings. The fraction of sp³-hybridized carbons (Fsp3) is 0.286. The Labute approximate surface area is 226 Å². The van der Waals surface area contributed by atoms with E-state index < -0.39 is 6.09 Å². The Morgan fingerprint density at radius 1 is 0.947 bits per heavy atom. The molecule has 1 heterocycles. The topological polar surface area (TPSA) is 103 Å². The van der Waals surface area contributed by atoms with Gasteiger partial charge in [-0.15, -0.1) is 0 Å². The van der Waals surface area contributed by atoms with Gasteiger partial charge in [-0.05, 0) is 73.0 Å². The number of benzene rings is 3. The summed E-state index contributed by atoms with van der Waals surface area (Å²) in [7, 11) is 1.56. The molecule has 0 saturated carbocycles. The third-order valence-corrected chi connectivity index (χ3v) is 6.52. The van der Waals surface area contributed by atoms with E-state index in [1.54, 1.807) is 30.2 Å². The molecule has 10 heteroatoms. The lowest BCUT2D eigenvalue weighted by Gasteiger charge is -2.35. The lowest BCUT2D eigenvalue weighted by atomic mass is 10.1. The van der Waals surface area contributed by atoms with E-state index >= 15 is 0 Å². The smallest absolute Gasteiger partial charge is 0.415 e. The molecule has 4 rings (SSSR count). The normalized spacial score (nSPS) is 13.2. The number of hydrogen-bond acceptors (Lipinski definition) is 6. The monoisotopic (exact) mass is 538 g/mol. The number of nitrogens with one attached hydrogen (secondary N) is 2. The van der Waals surface area contributed by atoms with Crippen molar-refractivity contribution in [3.05, 3.63) is 76.8 Å². The zero-order valence-corrected chi connectivity index (χ0v) is 22.1. The molecule has 3 aromatic rings. The molecule has 3 aromatic carbocycles. The predicted octanol–water partition coefficient (Wildman–Crippen LogP) is 5.16. The minimum Gasteiger partial charge on any atom is -0.495 e. The summed E-state index contributed by atoms with van der Waals surface area (Å²) < 4.78 is 10.8. The van der Waals surface area contributed by atoms with Gasteiger partial charge in [-0.25, -0.2) is 9.59 Å². The van der Waals surface area contributed by atoms with E-state index in [2.05, 4.69) is 15.5 Å². The Hall–Kier alpha value is -3.95. The molecule has 1 saturated heterocycles. The van der Waals surface area contributed by atoms with Gasteiger partial charge in [0.15, 0.2) is 5.75 Å². The van der Waals surface area contributed by atoms with Gasteiger partial charge in [0.05, 0.1) is 17.8 Å². The van der Waals surface area contributed by atoms with Crippen LogP contribution in [0.25, 0.3) is 0 Å². The third kappa shape index (κ3) is 6.87. The SMILES string of the molecule is COc1ccc(C)cc1NC(=O)Nc1ccc(N2CCN(C(=O)Oc3ccc(CCO)cc3Cl)CC2)cc1. The highest BCUT2D eigenvalue weighted by atomic mass is 35.5. The van der Waals surface area contributed by atoms with Crippen LogP contribution in [0.3, 0.4) is 0 Å². The first-order valence-corrected chi connectivity index (χ1v) is 12.7. The van der Waals surface area contributed by atoms with E-state index in [1.807, 2.05) is 49.4 Å². The van der Waals surface area contributed by atoms with Crippen molar-refractivity contribution in [1.29, 1.82) is 0 Å². The number of amides is 3. The minimum absolute atomic E-state index is 0.0258. The molecule has 0 radical (unpaired) electrons. The van der Waals surface area contributed by atoms with Crippen LogP contribution in [0.1, 0.15) is 11.1 Å². The lowest BCUT2D eigenvalue weighted by Crippen LogP contribution is -2.49. The second-order valence-electron chi connectivity index (χ2n) is 8.91. The number of methoxy groups -OCH3 is 1. The van der Waals surface area contributed by atoms with Crippen molar-refractivity contribution in [2.75, 3.05) is 55.4 Å². The maximum absolute atomic E-state index is 12.6. The molecular formula is C28H31ClN4O5. The largest absolute Gasteiger partial charge is 0.495 e. The number of piperazine rings is 1.